The van der Waals surface area contributed by atoms with E-state index in [0.717, 1.165) is 35.1 Å². The van der Waals surface area contributed by atoms with Crippen LogP contribution in [0.5, 0.6) is 11.5 Å². The number of carboxylic acid groups (broad SMARTS) is 1. The van der Waals surface area contributed by atoms with Gasteiger partial charge in [0.1, 0.15) is 5.69 Å². The minimum absolute atomic E-state index is 0. The monoisotopic (exact) mass is 408 g/mol. The van der Waals surface area contributed by atoms with Crippen LogP contribution in [0.1, 0.15) is 37.3 Å². The minimum Gasteiger partial charge on any atom is -0.477 e. The number of fused-ring (bicyclic) bond motifs is 1. The van der Waals surface area contributed by atoms with E-state index in [0.29, 0.717) is 17.2 Å². The Bertz CT molecular complexity index is 1190. The second-order valence-corrected chi connectivity index (χ2v) is 7.74. The van der Waals surface area contributed by atoms with Crippen LogP contribution in [0.2, 0.25) is 0 Å². The molecule has 3 aromatic rings. The molecule has 1 fully saturated rings. The van der Waals surface area contributed by atoms with Crippen LogP contribution in [0.3, 0.4) is 0 Å². The summed E-state index contributed by atoms with van der Waals surface area (Å²) in [5, 5.41) is 12.2. The molecule has 0 spiro atoms. The zero-order chi connectivity index (χ0) is 20.9. The summed E-state index contributed by atoms with van der Waals surface area (Å²) in [5.41, 5.74) is 3.78. The van der Waals surface area contributed by atoms with Gasteiger partial charge in [-0.3, -0.25) is 4.79 Å². The van der Waals surface area contributed by atoms with Crippen LogP contribution < -0.4 is 14.8 Å². The van der Waals surface area contributed by atoms with E-state index in [9.17, 15) is 9.59 Å². The molecule has 2 aromatic carbocycles. The molecule has 0 atom stereocenters. The normalized spacial score (nSPS) is 15.6. The highest BCUT2D eigenvalue weighted by Crippen LogP contribution is 2.51. The second kappa shape index (κ2) is 6.66. The van der Waals surface area contributed by atoms with Gasteiger partial charge in [-0.05, 0) is 66.8 Å². The first-order valence-electron chi connectivity index (χ1n) is 9.71. The van der Waals surface area contributed by atoms with Crippen LogP contribution in [0.25, 0.3) is 11.1 Å². The van der Waals surface area contributed by atoms with Crippen molar-refractivity contribution in [3.63, 3.8) is 0 Å². The lowest BCUT2D eigenvalue weighted by molar-refractivity contribution is -0.118. The van der Waals surface area contributed by atoms with Crippen LogP contribution in [0.15, 0.2) is 48.7 Å². The molecule has 7 heteroatoms. The Morgan fingerprint density at radius 3 is 2.63 bits per heavy atom. The van der Waals surface area contributed by atoms with E-state index in [2.05, 4.69) is 10.3 Å². The number of aromatic amines is 1. The second-order valence-electron chi connectivity index (χ2n) is 7.74. The number of aromatic nitrogens is 1. The number of carboxylic acids is 1. The van der Waals surface area contributed by atoms with E-state index >= 15 is 0 Å². The van der Waals surface area contributed by atoms with Gasteiger partial charge in [0.05, 0.1) is 5.41 Å². The predicted octanol–water partition coefficient (Wildman–Crippen LogP) is 4.58. The number of anilines is 1. The van der Waals surface area contributed by atoms with Crippen molar-refractivity contribution >= 4 is 17.6 Å². The Balaban J connectivity index is 0.00000144. The lowest BCUT2D eigenvalue weighted by Gasteiger charge is -2.17. The van der Waals surface area contributed by atoms with Crippen LogP contribution in [-0.2, 0) is 10.2 Å². The van der Waals surface area contributed by atoms with Gasteiger partial charge in [0.2, 0.25) is 12.7 Å². The fourth-order valence-electron chi connectivity index (χ4n) is 3.90. The van der Waals surface area contributed by atoms with Gasteiger partial charge < -0.3 is 24.9 Å². The number of nitrogens with one attached hydrogen (secondary N) is 2. The molecule has 7 nitrogen and oxygen atoms in total. The van der Waals surface area contributed by atoms with Gasteiger partial charge in [0.15, 0.2) is 11.5 Å². The van der Waals surface area contributed by atoms with Gasteiger partial charge in [-0.2, -0.15) is 0 Å². The molecule has 1 aliphatic heterocycles. The summed E-state index contributed by atoms with van der Waals surface area (Å²) in [6.45, 7) is 2.15. The number of carbonyl (C=O) groups is 2. The predicted molar refractivity (Wildman–Crippen MR) is 114 cm³/mol. The van der Waals surface area contributed by atoms with Gasteiger partial charge in [-0.1, -0.05) is 12.1 Å². The number of amides is 1. The maximum atomic E-state index is 13.2. The van der Waals surface area contributed by atoms with Crippen molar-refractivity contribution in [2.45, 2.75) is 25.2 Å². The lowest BCUT2D eigenvalue weighted by atomic mass is 9.94. The molecule has 1 amide bonds. The van der Waals surface area contributed by atoms with Gasteiger partial charge in [0.25, 0.3) is 0 Å². The van der Waals surface area contributed by atoms with Crippen molar-refractivity contribution < 1.29 is 27.0 Å². The van der Waals surface area contributed by atoms with Crippen LogP contribution in [0.4, 0.5) is 5.69 Å². The zero-order valence-electron chi connectivity index (χ0n) is 16.3. The van der Waals surface area contributed by atoms with Crippen molar-refractivity contribution in [1.29, 1.82) is 0 Å². The summed E-state index contributed by atoms with van der Waals surface area (Å²) in [5.74, 6) is 0.301. The molecule has 0 saturated heterocycles. The molecular formula is C23H24N2O5. The minimum atomic E-state index is -1.01. The van der Waals surface area contributed by atoms with E-state index in [1.54, 1.807) is 12.3 Å². The Morgan fingerprint density at radius 2 is 1.90 bits per heavy atom. The first kappa shape index (κ1) is 18.3. The van der Waals surface area contributed by atoms with E-state index in [1.165, 1.54) is 0 Å². The van der Waals surface area contributed by atoms with Crippen molar-refractivity contribution in [2.24, 2.45) is 0 Å². The molecule has 156 valence electrons. The first-order valence-corrected chi connectivity index (χ1v) is 9.71. The summed E-state index contributed by atoms with van der Waals surface area (Å²) >= 11 is 0. The summed E-state index contributed by atoms with van der Waals surface area (Å²) in [6.07, 6.45) is 3.21. The molecule has 2 aliphatic rings. The molecule has 1 aliphatic carbocycles. The fraction of sp³-hybridized carbons (Fsp3) is 0.217. The molecule has 30 heavy (non-hydrogen) atoms. The SMILES string of the molecule is Cc1ccc(NC(=O)C2(c3ccc4c(c3)OCO4)CC2)cc1-c1c[nH]c(C(=O)O)c1.[HH].[HH]. The number of ether oxygens (including phenoxy) is 2. The number of aromatic carboxylic acids is 1. The molecule has 2 heterocycles. The van der Waals surface area contributed by atoms with Crippen LogP contribution in [-0.4, -0.2) is 28.8 Å². The fourth-order valence-corrected chi connectivity index (χ4v) is 3.90. The average Bonchev–Trinajstić information content (AvgIpc) is 3.17. The molecule has 0 radical (unpaired) electrons. The maximum Gasteiger partial charge on any atom is 0.352 e. The van der Waals surface area contributed by atoms with Gasteiger partial charge >= 0.3 is 5.97 Å². The number of benzene rings is 2. The number of hydrogen-bond donors (Lipinski definition) is 3. The summed E-state index contributed by atoms with van der Waals surface area (Å²) in [4.78, 5) is 27.1. The Kier molecular flexibility index (Phi) is 4.06. The van der Waals surface area contributed by atoms with Crippen LogP contribution in [0, 0.1) is 6.92 Å². The topological polar surface area (TPSA) is 101 Å². The largest absolute Gasteiger partial charge is 0.477 e. The molecular weight excluding hydrogens is 384 g/mol. The van der Waals surface area contributed by atoms with Crippen molar-refractivity contribution in [2.75, 3.05) is 12.1 Å². The van der Waals surface area contributed by atoms with Gasteiger partial charge in [-0.15, -0.1) is 0 Å². The molecule has 1 saturated carbocycles. The standard InChI is InChI=1S/C23H20N2O5.2H2/c1-13-2-4-16(10-17(13)14-8-18(21(26)27)24-11-14)25-22(28)23(6-7-23)15-3-5-19-20(9-15)30-12-29-19;;/h2-5,8-11,24H,6-7,12H2,1H3,(H,25,28)(H,26,27);2*1H. The van der Waals surface area contributed by atoms with E-state index in [1.807, 2.05) is 43.3 Å². The summed E-state index contributed by atoms with van der Waals surface area (Å²) in [6, 6.07) is 12.9. The third-order valence-electron chi connectivity index (χ3n) is 5.83. The van der Waals surface area contributed by atoms with Gasteiger partial charge in [-0.25, -0.2) is 4.79 Å². The number of hydrogen-bond acceptors (Lipinski definition) is 4. The lowest BCUT2D eigenvalue weighted by Crippen LogP contribution is -2.27. The number of aryl methyl sites for hydroxylation is 1. The smallest absolute Gasteiger partial charge is 0.352 e. The molecule has 0 bridgehead atoms. The molecule has 5 rings (SSSR count). The van der Waals surface area contributed by atoms with Crippen molar-refractivity contribution in [1.82, 2.24) is 4.98 Å². The molecule has 0 unspecified atom stereocenters. The highest BCUT2D eigenvalue weighted by molar-refractivity contribution is 6.02. The molecule has 1 aromatic heterocycles. The van der Waals surface area contributed by atoms with Crippen LogP contribution >= 0.6 is 0 Å². The summed E-state index contributed by atoms with van der Waals surface area (Å²) in [7, 11) is 0. The third kappa shape index (κ3) is 2.99. The Labute approximate surface area is 175 Å². The van der Waals surface area contributed by atoms with E-state index in [4.69, 9.17) is 14.6 Å². The third-order valence-corrected chi connectivity index (χ3v) is 5.83. The highest BCUT2D eigenvalue weighted by atomic mass is 16.7. The Hall–Kier alpha value is -3.74. The van der Waals surface area contributed by atoms with Gasteiger partial charge in [0, 0.05) is 20.3 Å². The van der Waals surface area contributed by atoms with E-state index in [-0.39, 0.29) is 21.2 Å². The average molecular weight is 408 g/mol. The summed E-state index contributed by atoms with van der Waals surface area (Å²) < 4.78 is 10.8. The highest BCUT2D eigenvalue weighted by Gasteiger charge is 2.51. The zero-order valence-corrected chi connectivity index (χ0v) is 16.3. The maximum absolute atomic E-state index is 13.2. The van der Waals surface area contributed by atoms with Crippen molar-refractivity contribution in [3.8, 4) is 22.6 Å². The Morgan fingerprint density at radius 1 is 1.10 bits per heavy atom. The first-order chi connectivity index (χ1) is 14.5. The number of carbonyl (C=O) groups excluding carboxylic acids is 1. The number of rotatable bonds is 5. The quantitative estimate of drug-likeness (QED) is 0.574. The van der Waals surface area contributed by atoms with E-state index < -0.39 is 11.4 Å². The van der Waals surface area contributed by atoms with Crippen molar-refractivity contribution in [3.05, 3.63) is 65.5 Å². The number of H-pyrrole nitrogens is 1. The molecule has 3 N–H and O–H groups in total.